The molecule has 96 valence electrons. The van der Waals surface area contributed by atoms with Crippen molar-refractivity contribution in [1.82, 2.24) is 4.57 Å². The number of hydrogen-bond donors (Lipinski definition) is 0. The van der Waals surface area contributed by atoms with Gasteiger partial charge in [0.2, 0.25) is 0 Å². The van der Waals surface area contributed by atoms with Crippen LogP contribution in [0.2, 0.25) is 0 Å². The van der Waals surface area contributed by atoms with E-state index in [1.165, 1.54) is 42.1 Å². The molecule has 0 N–H and O–H groups in total. The number of unbranched alkanes of at least 4 members (excludes halogenated alkanes) is 3. The van der Waals surface area contributed by atoms with Crippen LogP contribution in [0.5, 0.6) is 0 Å². The highest BCUT2D eigenvalue weighted by Crippen LogP contribution is 2.23. The maximum absolute atomic E-state index is 10.8. The van der Waals surface area contributed by atoms with Crippen molar-refractivity contribution in [3.63, 3.8) is 0 Å². The first-order chi connectivity index (χ1) is 8.76. The molecule has 0 aliphatic heterocycles. The fraction of sp³-hybridized carbons (Fsp3) is 0.438. The van der Waals surface area contributed by atoms with Gasteiger partial charge in [-0.15, -0.1) is 0 Å². The second-order valence-electron chi connectivity index (χ2n) is 4.96. The molecule has 0 radical (unpaired) electrons. The molecule has 1 heterocycles. The number of fused-ring (bicyclic) bond motifs is 1. The molecule has 0 aliphatic carbocycles. The van der Waals surface area contributed by atoms with E-state index in [0.29, 0.717) is 0 Å². The van der Waals surface area contributed by atoms with E-state index in [9.17, 15) is 4.79 Å². The van der Waals surface area contributed by atoms with E-state index >= 15 is 0 Å². The van der Waals surface area contributed by atoms with Crippen LogP contribution in [0.25, 0.3) is 10.8 Å². The van der Waals surface area contributed by atoms with E-state index in [4.69, 9.17) is 0 Å². The molecule has 2 rings (SSSR count). The molecule has 18 heavy (non-hydrogen) atoms. The molecule has 0 fully saturated rings. The number of rotatable bonds is 6. The molecule has 1 aromatic heterocycles. The summed E-state index contributed by atoms with van der Waals surface area (Å²) in [6, 6.07) is 5.96. The lowest BCUT2D eigenvalue weighted by atomic mass is 10.1. The van der Waals surface area contributed by atoms with Crippen molar-refractivity contribution in [3.8, 4) is 0 Å². The number of aryl methyl sites for hydroxylation is 2. The highest BCUT2D eigenvalue weighted by Gasteiger charge is 2.07. The molecule has 2 aromatic rings. The summed E-state index contributed by atoms with van der Waals surface area (Å²) in [5, 5.41) is 2.46. The van der Waals surface area contributed by atoms with Crippen LogP contribution < -0.4 is 0 Å². The van der Waals surface area contributed by atoms with Gasteiger partial charge in [-0.25, -0.2) is 0 Å². The standard InChI is InChI=1S/C16H21NO/c1-3-4-5-6-7-16-15-9-8-13(12-18)10-14(15)11-17(16)2/h8-12H,3-7H2,1-2H3. The van der Waals surface area contributed by atoms with Crippen molar-refractivity contribution in [1.29, 1.82) is 0 Å². The number of benzene rings is 1. The number of nitrogens with zero attached hydrogens (tertiary/aromatic N) is 1. The van der Waals surface area contributed by atoms with Crippen molar-refractivity contribution in [3.05, 3.63) is 35.7 Å². The normalized spacial score (nSPS) is 11.0. The minimum absolute atomic E-state index is 0.755. The number of hydrogen-bond acceptors (Lipinski definition) is 1. The Kier molecular flexibility index (Phi) is 4.19. The lowest BCUT2D eigenvalue weighted by Gasteiger charge is -2.04. The van der Waals surface area contributed by atoms with Crippen LogP contribution in [-0.4, -0.2) is 10.9 Å². The SMILES string of the molecule is CCCCCCc1c2ccc(C=O)cc2cn1C. The minimum Gasteiger partial charge on any atom is -0.353 e. The number of carbonyl (C=O) groups excluding carboxylic acids is 1. The Bertz CT molecular complexity index is 539. The van der Waals surface area contributed by atoms with E-state index < -0.39 is 0 Å². The van der Waals surface area contributed by atoms with Crippen LogP contribution in [0.1, 0.15) is 48.7 Å². The molecule has 0 spiro atoms. The van der Waals surface area contributed by atoms with E-state index in [0.717, 1.165) is 18.3 Å². The Balaban J connectivity index is 2.21. The van der Waals surface area contributed by atoms with Crippen LogP contribution in [0.4, 0.5) is 0 Å². The van der Waals surface area contributed by atoms with Crippen LogP contribution in [0.3, 0.4) is 0 Å². The monoisotopic (exact) mass is 243 g/mol. The zero-order chi connectivity index (χ0) is 13.0. The summed E-state index contributed by atoms with van der Waals surface area (Å²) in [7, 11) is 2.09. The first kappa shape index (κ1) is 12.9. The zero-order valence-electron chi connectivity index (χ0n) is 11.3. The van der Waals surface area contributed by atoms with Crippen molar-refractivity contribution in [2.75, 3.05) is 0 Å². The summed E-state index contributed by atoms with van der Waals surface area (Å²) in [5.41, 5.74) is 2.14. The molecule has 1 aromatic carbocycles. The fourth-order valence-corrected chi connectivity index (χ4v) is 2.53. The average Bonchev–Trinajstić information content (AvgIpc) is 2.69. The van der Waals surface area contributed by atoms with E-state index in [-0.39, 0.29) is 0 Å². The lowest BCUT2D eigenvalue weighted by molar-refractivity contribution is 0.112. The average molecular weight is 243 g/mol. The van der Waals surface area contributed by atoms with Gasteiger partial charge >= 0.3 is 0 Å². The molecule has 0 aliphatic rings. The smallest absolute Gasteiger partial charge is 0.150 e. The minimum atomic E-state index is 0.755. The Morgan fingerprint density at radius 2 is 2.06 bits per heavy atom. The van der Waals surface area contributed by atoms with Gasteiger partial charge in [0.25, 0.3) is 0 Å². The van der Waals surface area contributed by atoms with Gasteiger partial charge in [0, 0.05) is 35.3 Å². The third-order valence-corrected chi connectivity index (χ3v) is 3.55. The maximum atomic E-state index is 10.8. The van der Waals surface area contributed by atoms with Crippen molar-refractivity contribution in [2.45, 2.75) is 39.0 Å². The summed E-state index contributed by atoms with van der Waals surface area (Å²) in [6.45, 7) is 2.23. The predicted molar refractivity (Wildman–Crippen MR) is 76.2 cm³/mol. The molecule has 2 heteroatoms. The summed E-state index contributed by atoms with van der Waals surface area (Å²) in [6.07, 6.45) is 9.30. The maximum Gasteiger partial charge on any atom is 0.150 e. The summed E-state index contributed by atoms with van der Waals surface area (Å²) >= 11 is 0. The Hall–Kier alpha value is -1.57. The molecule has 0 saturated carbocycles. The van der Waals surface area contributed by atoms with E-state index in [1.54, 1.807) is 0 Å². The molecule has 0 bridgehead atoms. The van der Waals surface area contributed by atoms with Gasteiger partial charge in [-0.05, 0) is 18.9 Å². The number of aromatic nitrogens is 1. The highest BCUT2D eigenvalue weighted by atomic mass is 16.1. The molecule has 2 nitrogen and oxygen atoms in total. The predicted octanol–water partition coefficient (Wildman–Crippen LogP) is 4.11. The van der Waals surface area contributed by atoms with Gasteiger partial charge in [-0.2, -0.15) is 0 Å². The van der Waals surface area contributed by atoms with Crippen molar-refractivity contribution >= 4 is 17.1 Å². The van der Waals surface area contributed by atoms with Crippen LogP contribution in [-0.2, 0) is 13.5 Å². The fourth-order valence-electron chi connectivity index (χ4n) is 2.53. The number of carbonyl (C=O) groups is 1. The van der Waals surface area contributed by atoms with Gasteiger partial charge in [-0.1, -0.05) is 38.3 Å². The van der Waals surface area contributed by atoms with Gasteiger partial charge in [-0.3, -0.25) is 4.79 Å². The van der Waals surface area contributed by atoms with Crippen LogP contribution in [0.15, 0.2) is 24.4 Å². The summed E-state index contributed by atoms with van der Waals surface area (Å²) in [4.78, 5) is 10.8. The van der Waals surface area contributed by atoms with Crippen LogP contribution in [0, 0.1) is 0 Å². The second-order valence-corrected chi connectivity index (χ2v) is 4.96. The van der Waals surface area contributed by atoms with E-state index in [2.05, 4.69) is 30.8 Å². The Labute approximate surface area is 109 Å². The first-order valence-corrected chi connectivity index (χ1v) is 6.79. The first-order valence-electron chi connectivity index (χ1n) is 6.79. The van der Waals surface area contributed by atoms with Gasteiger partial charge in [0.1, 0.15) is 6.29 Å². The van der Waals surface area contributed by atoms with Gasteiger partial charge in [0.05, 0.1) is 0 Å². The zero-order valence-corrected chi connectivity index (χ0v) is 11.3. The summed E-state index contributed by atoms with van der Waals surface area (Å²) < 4.78 is 2.20. The molecular formula is C16H21NO. The topological polar surface area (TPSA) is 22.0 Å². The molecule has 0 saturated heterocycles. The van der Waals surface area contributed by atoms with Gasteiger partial charge in [0.15, 0.2) is 0 Å². The lowest BCUT2D eigenvalue weighted by Crippen LogP contribution is -1.95. The van der Waals surface area contributed by atoms with Crippen LogP contribution >= 0.6 is 0 Å². The molecular weight excluding hydrogens is 222 g/mol. The Morgan fingerprint density at radius 1 is 1.22 bits per heavy atom. The quantitative estimate of drug-likeness (QED) is 0.552. The third kappa shape index (κ3) is 2.63. The molecule has 0 amide bonds. The number of aldehydes is 1. The molecule has 0 unspecified atom stereocenters. The summed E-state index contributed by atoms with van der Waals surface area (Å²) in [5.74, 6) is 0. The van der Waals surface area contributed by atoms with Crippen molar-refractivity contribution < 1.29 is 4.79 Å². The largest absolute Gasteiger partial charge is 0.353 e. The van der Waals surface area contributed by atoms with Gasteiger partial charge < -0.3 is 4.57 Å². The van der Waals surface area contributed by atoms with E-state index in [1.807, 2.05) is 12.1 Å². The second kappa shape index (κ2) is 5.85. The highest BCUT2D eigenvalue weighted by molar-refractivity contribution is 5.90. The molecule has 0 atom stereocenters. The third-order valence-electron chi connectivity index (χ3n) is 3.55. The Morgan fingerprint density at radius 3 is 2.78 bits per heavy atom. The van der Waals surface area contributed by atoms with Crippen molar-refractivity contribution in [2.24, 2.45) is 7.05 Å².